The molecule has 0 saturated heterocycles. The highest BCUT2D eigenvalue weighted by molar-refractivity contribution is 7.98. The molecule has 1 rings (SSSR count). The van der Waals surface area contributed by atoms with Crippen molar-refractivity contribution in [3.05, 3.63) is 11.1 Å². The van der Waals surface area contributed by atoms with E-state index >= 15 is 0 Å². The predicted molar refractivity (Wildman–Crippen MR) is 56.4 cm³/mol. The minimum Gasteiger partial charge on any atom is -0.300 e. The van der Waals surface area contributed by atoms with Gasteiger partial charge in [-0.3, -0.25) is 5.43 Å². The number of aromatic nitrogens is 1. The van der Waals surface area contributed by atoms with Crippen molar-refractivity contribution in [2.24, 2.45) is 5.84 Å². The first-order valence-electron chi connectivity index (χ1n) is 3.86. The van der Waals surface area contributed by atoms with E-state index in [1.807, 2.05) is 18.0 Å². The van der Waals surface area contributed by atoms with E-state index in [2.05, 4.69) is 17.3 Å². The van der Waals surface area contributed by atoms with Crippen molar-refractivity contribution >= 4 is 28.2 Å². The molecule has 0 aliphatic rings. The predicted octanol–water partition coefficient (Wildman–Crippen LogP) is 2.07. The quantitative estimate of drug-likeness (QED) is 0.437. The third kappa shape index (κ3) is 3.00. The molecule has 0 saturated carbocycles. The number of hydrazine groups is 1. The Kier molecular flexibility index (Phi) is 4.42. The van der Waals surface area contributed by atoms with Crippen LogP contribution in [0.2, 0.25) is 0 Å². The Hall–Kier alpha value is -0.260. The maximum Gasteiger partial charge on any atom is 0.197 e. The van der Waals surface area contributed by atoms with Crippen LogP contribution in [0.1, 0.15) is 18.2 Å². The molecule has 0 unspecified atom stereocenters. The molecular formula is C7H13N3S2. The lowest BCUT2D eigenvalue weighted by Gasteiger charge is -1.94. The van der Waals surface area contributed by atoms with Gasteiger partial charge < -0.3 is 0 Å². The summed E-state index contributed by atoms with van der Waals surface area (Å²) in [7, 11) is 0. The molecule has 5 heteroatoms. The molecule has 3 nitrogen and oxygen atoms in total. The minimum atomic E-state index is 0.794. The number of anilines is 1. The standard InChI is InChI=1S/C7H13N3S2/c1-2-3-11-5-6-4-9-7(10-8)12-6/h4H,2-3,5,8H2,1H3,(H,9,10). The number of hydrogen-bond acceptors (Lipinski definition) is 5. The fourth-order valence-electron chi connectivity index (χ4n) is 0.758. The number of nitrogens with zero attached hydrogens (tertiary/aromatic N) is 1. The molecule has 0 amide bonds. The number of thioether (sulfide) groups is 1. The van der Waals surface area contributed by atoms with Gasteiger partial charge in [0.15, 0.2) is 5.13 Å². The van der Waals surface area contributed by atoms with Crippen molar-refractivity contribution in [2.45, 2.75) is 19.1 Å². The second-order valence-electron chi connectivity index (χ2n) is 2.33. The van der Waals surface area contributed by atoms with E-state index in [0.29, 0.717) is 0 Å². The second-order valence-corrected chi connectivity index (χ2v) is 4.55. The Morgan fingerprint density at radius 1 is 1.75 bits per heavy atom. The number of hydrogen-bond donors (Lipinski definition) is 2. The smallest absolute Gasteiger partial charge is 0.197 e. The highest BCUT2D eigenvalue weighted by Crippen LogP contribution is 2.21. The number of thiazole rings is 1. The van der Waals surface area contributed by atoms with E-state index < -0.39 is 0 Å². The Labute approximate surface area is 80.7 Å². The highest BCUT2D eigenvalue weighted by atomic mass is 32.2. The summed E-state index contributed by atoms with van der Waals surface area (Å²) in [4.78, 5) is 5.36. The van der Waals surface area contributed by atoms with E-state index in [-0.39, 0.29) is 0 Å². The van der Waals surface area contributed by atoms with Crippen molar-refractivity contribution in [3.63, 3.8) is 0 Å². The first-order chi connectivity index (χ1) is 5.86. The Morgan fingerprint density at radius 2 is 2.58 bits per heavy atom. The molecule has 0 radical (unpaired) electrons. The van der Waals surface area contributed by atoms with Crippen molar-refractivity contribution in [1.82, 2.24) is 4.98 Å². The van der Waals surface area contributed by atoms with Crippen LogP contribution in [0.4, 0.5) is 5.13 Å². The van der Waals surface area contributed by atoms with Crippen LogP contribution in [0.25, 0.3) is 0 Å². The van der Waals surface area contributed by atoms with Gasteiger partial charge in [0.1, 0.15) is 0 Å². The van der Waals surface area contributed by atoms with Crippen molar-refractivity contribution in [3.8, 4) is 0 Å². The molecule has 0 atom stereocenters. The Bertz CT molecular complexity index is 224. The Morgan fingerprint density at radius 3 is 3.17 bits per heavy atom. The van der Waals surface area contributed by atoms with Crippen LogP contribution >= 0.6 is 23.1 Å². The molecule has 3 N–H and O–H groups in total. The third-order valence-corrected chi connectivity index (χ3v) is 3.59. The van der Waals surface area contributed by atoms with Crippen LogP contribution in [-0.4, -0.2) is 10.7 Å². The van der Waals surface area contributed by atoms with E-state index in [1.54, 1.807) is 11.3 Å². The maximum atomic E-state index is 5.21. The van der Waals surface area contributed by atoms with Gasteiger partial charge in [-0.15, -0.1) is 11.3 Å². The molecule has 0 fully saturated rings. The van der Waals surface area contributed by atoms with Crippen LogP contribution in [0.15, 0.2) is 6.20 Å². The molecule has 0 aliphatic carbocycles. The maximum absolute atomic E-state index is 5.21. The average Bonchev–Trinajstić information content (AvgIpc) is 2.53. The van der Waals surface area contributed by atoms with E-state index in [0.717, 1.165) is 10.9 Å². The summed E-state index contributed by atoms with van der Waals surface area (Å²) < 4.78 is 0. The summed E-state index contributed by atoms with van der Waals surface area (Å²) in [5.74, 6) is 7.47. The molecule has 1 aromatic heterocycles. The number of nitrogens with one attached hydrogen (secondary N) is 1. The SMILES string of the molecule is CCCSCc1cnc(NN)s1. The van der Waals surface area contributed by atoms with Gasteiger partial charge in [0.2, 0.25) is 0 Å². The van der Waals surface area contributed by atoms with E-state index in [1.165, 1.54) is 17.1 Å². The van der Waals surface area contributed by atoms with Crippen LogP contribution in [0, 0.1) is 0 Å². The van der Waals surface area contributed by atoms with E-state index in [9.17, 15) is 0 Å². The molecular weight excluding hydrogens is 190 g/mol. The van der Waals surface area contributed by atoms with Gasteiger partial charge in [-0.1, -0.05) is 6.92 Å². The van der Waals surface area contributed by atoms with E-state index in [4.69, 9.17) is 5.84 Å². The summed E-state index contributed by atoms with van der Waals surface area (Å²) in [5, 5.41) is 0.794. The second kappa shape index (κ2) is 5.40. The zero-order valence-corrected chi connectivity index (χ0v) is 8.67. The number of nitrogens with two attached hydrogens (primary N) is 1. The fraction of sp³-hybridized carbons (Fsp3) is 0.571. The lowest BCUT2D eigenvalue weighted by atomic mass is 10.6. The van der Waals surface area contributed by atoms with Gasteiger partial charge in [-0.2, -0.15) is 11.8 Å². The minimum absolute atomic E-state index is 0.794. The van der Waals surface area contributed by atoms with Crippen LogP contribution < -0.4 is 11.3 Å². The van der Waals surface area contributed by atoms with Crippen LogP contribution in [0.3, 0.4) is 0 Å². The monoisotopic (exact) mass is 203 g/mol. The summed E-state index contributed by atoms with van der Waals surface area (Å²) in [5.41, 5.74) is 2.54. The van der Waals surface area contributed by atoms with Crippen molar-refractivity contribution in [1.29, 1.82) is 0 Å². The molecule has 1 heterocycles. The first kappa shape index (κ1) is 9.83. The van der Waals surface area contributed by atoms with Gasteiger partial charge in [-0.05, 0) is 12.2 Å². The van der Waals surface area contributed by atoms with Gasteiger partial charge in [0, 0.05) is 16.8 Å². The molecule has 0 spiro atoms. The summed E-state index contributed by atoms with van der Waals surface area (Å²) in [6, 6.07) is 0. The average molecular weight is 203 g/mol. The summed E-state index contributed by atoms with van der Waals surface area (Å²) in [6.45, 7) is 2.19. The zero-order chi connectivity index (χ0) is 8.81. The highest BCUT2D eigenvalue weighted by Gasteiger charge is 1.99. The number of nitrogen functional groups attached to an aromatic ring is 1. The zero-order valence-electron chi connectivity index (χ0n) is 7.04. The van der Waals surface area contributed by atoms with Gasteiger partial charge in [-0.25, -0.2) is 10.8 Å². The number of rotatable bonds is 5. The third-order valence-electron chi connectivity index (χ3n) is 1.27. The molecule has 0 aliphatic heterocycles. The lowest BCUT2D eigenvalue weighted by molar-refractivity contribution is 1.10. The van der Waals surface area contributed by atoms with Crippen molar-refractivity contribution in [2.75, 3.05) is 11.2 Å². The van der Waals surface area contributed by atoms with Gasteiger partial charge in [0.05, 0.1) is 0 Å². The van der Waals surface area contributed by atoms with Crippen molar-refractivity contribution < 1.29 is 0 Å². The lowest BCUT2D eigenvalue weighted by Crippen LogP contribution is -2.05. The molecule has 1 aromatic rings. The summed E-state index contributed by atoms with van der Waals surface area (Å²) >= 11 is 3.55. The first-order valence-corrected chi connectivity index (χ1v) is 5.83. The normalized spacial score (nSPS) is 10.2. The molecule has 12 heavy (non-hydrogen) atoms. The topological polar surface area (TPSA) is 50.9 Å². The van der Waals surface area contributed by atoms with Crippen LogP contribution in [-0.2, 0) is 5.75 Å². The largest absolute Gasteiger partial charge is 0.300 e. The molecule has 0 bridgehead atoms. The Balaban J connectivity index is 2.31. The van der Waals surface area contributed by atoms with Gasteiger partial charge >= 0.3 is 0 Å². The summed E-state index contributed by atoms with van der Waals surface area (Å²) in [6.07, 6.45) is 3.11. The van der Waals surface area contributed by atoms with Crippen LogP contribution in [0.5, 0.6) is 0 Å². The fourth-order valence-corrected chi connectivity index (χ4v) is 2.47. The molecule has 0 aromatic carbocycles. The van der Waals surface area contributed by atoms with Gasteiger partial charge in [0.25, 0.3) is 0 Å². The molecule has 68 valence electrons.